The second kappa shape index (κ2) is 9.44. The molecule has 3 rings (SSSR count). The molecule has 162 valence electrons. The summed E-state index contributed by atoms with van der Waals surface area (Å²) in [7, 11) is -3.62. The average Bonchev–Trinajstić information content (AvgIpc) is 2.89. The molecular weight excluding hydrogens is 408 g/mol. The summed E-state index contributed by atoms with van der Waals surface area (Å²) in [5, 5.41) is 2.57. The third-order valence-electron chi connectivity index (χ3n) is 4.92. The van der Waals surface area contributed by atoms with Crippen molar-refractivity contribution in [3.63, 3.8) is 0 Å². The molecule has 1 aromatic heterocycles. The molecule has 1 fully saturated rings. The Morgan fingerprint density at radius 1 is 1.10 bits per heavy atom. The van der Waals surface area contributed by atoms with E-state index in [-0.39, 0.29) is 10.5 Å². The molecule has 1 amide bonds. The highest BCUT2D eigenvalue weighted by molar-refractivity contribution is 7.89. The topological polar surface area (TPSA) is 106 Å². The summed E-state index contributed by atoms with van der Waals surface area (Å²) < 4.78 is 37.6. The van der Waals surface area contributed by atoms with Crippen LogP contribution in [0, 0.1) is 13.8 Å². The molecule has 1 aliphatic rings. The van der Waals surface area contributed by atoms with Crippen LogP contribution in [0.2, 0.25) is 0 Å². The molecule has 0 radical (unpaired) electrons. The number of nitrogens with zero attached hydrogens (tertiary/aromatic N) is 1. The van der Waals surface area contributed by atoms with Gasteiger partial charge in [0.15, 0.2) is 6.61 Å². The van der Waals surface area contributed by atoms with Gasteiger partial charge in [0.05, 0.1) is 4.90 Å². The number of hydrogen-bond donors (Lipinski definition) is 1. The van der Waals surface area contributed by atoms with Crippen LogP contribution in [0.3, 0.4) is 0 Å². The van der Waals surface area contributed by atoms with E-state index in [1.54, 1.807) is 32.0 Å². The van der Waals surface area contributed by atoms with Crippen molar-refractivity contribution in [2.45, 2.75) is 44.4 Å². The molecule has 2 heterocycles. The van der Waals surface area contributed by atoms with Crippen molar-refractivity contribution in [3.8, 4) is 0 Å². The van der Waals surface area contributed by atoms with Crippen LogP contribution in [0.4, 0.5) is 5.69 Å². The molecule has 1 saturated heterocycles. The van der Waals surface area contributed by atoms with E-state index in [2.05, 4.69) is 5.32 Å². The van der Waals surface area contributed by atoms with E-state index in [0.717, 1.165) is 25.7 Å². The zero-order valence-electron chi connectivity index (χ0n) is 17.1. The normalized spacial score (nSPS) is 15.4. The van der Waals surface area contributed by atoms with Crippen molar-refractivity contribution in [3.05, 3.63) is 47.4 Å². The SMILES string of the molecule is Cc1cc(C(=O)OCC(=O)Nc2cccc(S(=O)(=O)N3CCCCCC3)c2)c(C)o1. The van der Waals surface area contributed by atoms with Gasteiger partial charge in [0.2, 0.25) is 10.0 Å². The van der Waals surface area contributed by atoms with E-state index < -0.39 is 28.5 Å². The second-order valence-electron chi connectivity index (χ2n) is 7.30. The zero-order valence-corrected chi connectivity index (χ0v) is 18.0. The van der Waals surface area contributed by atoms with Gasteiger partial charge in [0.25, 0.3) is 5.91 Å². The lowest BCUT2D eigenvalue weighted by Crippen LogP contribution is -2.32. The number of rotatable bonds is 6. The maximum Gasteiger partial charge on any atom is 0.342 e. The molecule has 0 saturated carbocycles. The summed E-state index contributed by atoms with van der Waals surface area (Å²) >= 11 is 0. The monoisotopic (exact) mass is 434 g/mol. The van der Waals surface area contributed by atoms with Crippen LogP contribution in [0.25, 0.3) is 0 Å². The summed E-state index contributed by atoms with van der Waals surface area (Å²) in [6.45, 7) is 3.86. The van der Waals surface area contributed by atoms with Crippen LogP contribution in [0.1, 0.15) is 47.6 Å². The molecule has 1 aromatic carbocycles. The highest BCUT2D eigenvalue weighted by Gasteiger charge is 2.25. The largest absolute Gasteiger partial charge is 0.466 e. The Balaban J connectivity index is 1.62. The predicted molar refractivity (Wildman–Crippen MR) is 111 cm³/mol. The number of ether oxygens (including phenoxy) is 1. The van der Waals surface area contributed by atoms with Crippen LogP contribution in [0.5, 0.6) is 0 Å². The summed E-state index contributed by atoms with van der Waals surface area (Å²) in [6, 6.07) is 7.64. The molecule has 9 heteroatoms. The first-order valence-electron chi connectivity index (χ1n) is 9.91. The first kappa shape index (κ1) is 22.0. The minimum absolute atomic E-state index is 0.128. The van der Waals surface area contributed by atoms with Gasteiger partial charge in [-0.15, -0.1) is 0 Å². The fourth-order valence-electron chi connectivity index (χ4n) is 3.40. The number of nitrogens with one attached hydrogen (secondary N) is 1. The van der Waals surface area contributed by atoms with Gasteiger partial charge < -0.3 is 14.5 Å². The third-order valence-corrected chi connectivity index (χ3v) is 6.81. The molecule has 30 heavy (non-hydrogen) atoms. The van der Waals surface area contributed by atoms with E-state index in [1.165, 1.54) is 16.4 Å². The van der Waals surface area contributed by atoms with Gasteiger partial charge in [-0.2, -0.15) is 4.31 Å². The summed E-state index contributed by atoms with van der Waals surface area (Å²) in [5.74, 6) is -0.224. The van der Waals surface area contributed by atoms with Gasteiger partial charge in [-0.3, -0.25) is 4.79 Å². The van der Waals surface area contributed by atoms with Gasteiger partial charge in [0.1, 0.15) is 17.1 Å². The lowest BCUT2D eigenvalue weighted by molar-refractivity contribution is -0.119. The summed E-state index contributed by atoms with van der Waals surface area (Å²) in [5.41, 5.74) is 0.591. The Morgan fingerprint density at radius 3 is 2.43 bits per heavy atom. The van der Waals surface area contributed by atoms with Gasteiger partial charge in [-0.05, 0) is 51.0 Å². The number of amides is 1. The van der Waals surface area contributed by atoms with Crippen molar-refractivity contribution in [1.29, 1.82) is 0 Å². The Hall–Kier alpha value is -2.65. The van der Waals surface area contributed by atoms with E-state index >= 15 is 0 Å². The second-order valence-corrected chi connectivity index (χ2v) is 9.24. The van der Waals surface area contributed by atoms with Crippen LogP contribution < -0.4 is 5.32 Å². The molecule has 2 aromatic rings. The molecule has 1 aliphatic heterocycles. The van der Waals surface area contributed by atoms with Gasteiger partial charge in [-0.25, -0.2) is 13.2 Å². The van der Waals surface area contributed by atoms with E-state index in [1.807, 2.05) is 0 Å². The number of benzene rings is 1. The van der Waals surface area contributed by atoms with Gasteiger partial charge >= 0.3 is 5.97 Å². The fraction of sp³-hybridized carbons (Fsp3) is 0.429. The number of furan rings is 1. The number of carbonyl (C=O) groups is 2. The maximum absolute atomic E-state index is 12.9. The summed E-state index contributed by atoms with van der Waals surface area (Å²) in [4.78, 5) is 24.4. The third kappa shape index (κ3) is 5.28. The Bertz CT molecular complexity index is 1020. The van der Waals surface area contributed by atoms with Crippen LogP contribution in [-0.2, 0) is 19.6 Å². The van der Waals surface area contributed by atoms with E-state index in [9.17, 15) is 18.0 Å². The quantitative estimate of drug-likeness (QED) is 0.700. The molecular formula is C21H26N2O6S. The van der Waals surface area contributed by atoms with Gasteiger partial charge in [-0.1, -0.05) is 18.9 Å². The first-order chi connectivity index (χ1) is 14.3. The number of sulfonamides is 1. The van der Waals surface area contributed by atoms with E-state index in [0.29, 0.717) is 30.3 Å². The number of carbonyl (C=O) groups excluding carboxylic acids is 2. The number of aryl methyl sites for hydroxylation is 2. The maximum atomic E-state index is 12.9. The first-order valence-corrected chi connectivity index (χ1v) is 11.4. The Kier molecular flexibility index (Phi) is 6.94. The Morgan fingerprint density at radius 2 is 1.80 bits per heavy atom. The number of esters is 1. The van der Waals surface area contributed by atoms with Crippen molar-refractivity contribution in [1.82, 2.24) is 4.31 Å². The van der Waals surface area contributed by atoms with E-state index in [4.69, 9.17) is 9.15 Å². The molecule has 0 unspecified atom stereocenters. The van der Waals surface area contributed by atoms with Crippen molar-refractivity contribution >= 4 is 27.6 Å². The standard InChI is InChI=1S/C21H26N2O6S/c1-15-12-19(16(2)29-15)21(25)28-14-20(24)22-17-8-7-9-18(13-17)30(26,27)23-10-5-3-4-6-11-23/h7-9,12-13H,3-6,10-11,14H2,1-2H3,(H,22,24). The highest BCUT2D eigenvalue weighted by atomic mass is 32.2. The fourth-order valence-corrected chi connectivity index (χ4v) is 4.97. The number of anilines is 1. The lowest BCUT2D eigenvalue weighted by Gasteiger charge is -2.20. The lowest BCUT2D eigenvalue weighted by atomic mass is 10.2. The van der Waals surface area contributed by atoms with Crippen molar-refractivity contribution in [2.75, 3.05) is 25.0 Å². The number of hydrogen-bond acceptors (Lipinski definition) is 6. The molecule has 8 nitrogen and oxygen atoms in total. The molecule has 0 aliphatic carbocycles. The molecule has 0 bridgehead atoms. The van der Waals surface area contributed by atoms with Crippen LogP contribution >= 0.6 is 0 Å². The van der Waals surface area contributed by atoms with Crippen molar-refractivity contribution in [2.24, 2.45) is 0 Å². The minimum atomic E-state index is -3.62. The zero-order chi connectivity index (χ0) is 21.7. The smallest absolute Gasteiger partial charge is 0.342 e. The van der Waals surface area contributed by atoms with Crippen LogP contribution in [0.15, 0.2) is 39.6 Å². The van der Waals surface area contributed by atoms with Crippen LogP contribution in [-0.4, -0.2) is 44.3 Å². The molecule has 1 N–H and O–H groups in total. The van der Waals surface area contributed by atoms with Gasteiger partial charge in [0, 0.05) is 18.8 Å². The highest BCUT2D eigenvalue weighted by Crippen LogP contribution is 2.22. The predicted octanol–water partition coefficient (Wildman–Crippen LogP) is 3.26. The molecule has 0 spiro atoms. The molecule has 0 atom stereocenters. The summed E-state index contributed by atoms with van der Waals surface area (Å²) in [6.07, 6.45) is 3.74. The minimum Gasteiger partial charge on any atom is -0.466 e. The Labute approximate surface area is 176 Å². The van der Waals surface area contributed by atoms with Crippen molar-refractivity contribution < 1.29 is 27.2 Å². The average molecular weight is 435 g/mol.